The number of allylic oxidation sites excluding steroid dienone is 1. The second kappa shape index (κ2) is 11.3. The van der Waals surface area contributed by atoms with Gasteiger partial charge >= 0.3 is 0 Å². The van der Waals surface area contributed by atoms with Crippen molar-refractivity contribution in [3.8, 4) is 6.07 Å². The first-order valence-electron chi connectivity index (χ1n) is 13.5. The third kappa shape index (κ3) is 4.41. The first-order valence-corrected chi connectivity index (χ1v) is 13.5. The number of aromatic nitrogens is 4. The van der Waals surface area contributed by atoms with Gasteiger partial charge in [0.1, 0.15) is 23.2 Å². The second-order valence-electron chi connectivity index (χ2n) is 9.70. The zero-order valence-corrected chi connectivity index (χ0v) is 22.8. The average Bonchev–Trinajstić information content (AvgIpc) is 3.49. The van der Waals surface area contributed by atoms with Crippen molar-refractivity contribution in [3.05, 3.63) is 161 Å². The van der Waals surface area contributed by atoms with Gasteiger partial charge in [0.05, 0.1) is 11.6 Å². The third-order valence-electron chi connectivity index (χ3n) is 7.39. The van der Waals surface area contributed by atoms with Crippen molar-refractivity contribution in [1.29, 1.82) is 5.26 Å². The summed E-state index contributed by atoms with van der Waals surface area (Å²) in [4.78, 5) is 16.9. The molecule has 0 atom stereocenters. The van der Waals surface area contributed by atoms with Crippen LogP contribution in [0.3, 0.4) is 0 Å². The van der Waals surface area contributed by atoms with Gasteiger partial charge in [0, 0.05) is 12.6 Å². The molecule has 0 amide bonds. The summed E-state index contributed by atoms with van der Waals surface area (Å²) in [6.07, 6.45) is 2.23. The van der Waals surface area contributed by atoms with E-state index >= 15 is 0 Å². The molecular weight excluding hydrogens is 520 g/mol. The average molecular weight is 547 g/mol. The topological polar surface area (TPSA) is 96.5 Å². The van der Waals surface area contributed by atoms with E-state index in [0.29, 0.717) is 39.2 Å². The van der Waals surface area contributed by atoms with Gasteiger partial charge in [-0.15, -0.1) is 5.10 Å². The van der Waals surface area contributed by atoms with E-state index in [2.05, 4.69) is 47.8 Å². The van der Waals surface area contributed by atoms with E-state index in [-0.39, 0.29) is 0 Å². The molecule has 0 aliphatic rings. The number of nitriles is 1. The quantitative estimate of drug-likeness (QED) is 0.139. The number of rotatable bonds is 8. The summed E-state index contributed by atoms with van der Waals surface area (Å²) in [5.74, 6) is 0.581. The summed E-state index contributed by atoms with van der Waals surface area (Å²) >= 11 is 0. The maximum Gasteiger partial charge on any atom is 0.182 e. The van der Waals surface area contributed by atoms with Gasteiger partial charge in [-0.25, -0.2) is 9.67 Å². The second-order valence-corrected chi connectivity index (χ2v) is 9.70. The number of pyridine rings is 1. The summed E-state index contributed by atoms with van der Waals surface area (Å²) in [6, 6.07) is 41.8. The molecule has 42 heavy (non-hydrogen) atoms. The first kappa shape index (κ1) is 26.4. The molecule has 0 bridgehead atoms. The molecule has 0 fully saturated rings. The molecule has 0 saturated carbocycles. The lowest BCUT2D eigenvalue weighted by atomic mass is 9.77. The van der Waals surface area contributed by atoms with Crippen molar-refractivity contribution < 1.29 is 4.79 Å². The zero-order valence-electron chi connectivity index (χ0n) is 22.8. The van der Waals surface area contributed by atoms with Crippen LogP contribution < -0.4 is 5.32 Å². The molecule has 7 heteroatoms. The molecule has 0 unspecified atom stereocenters. The summed E-state index contributed by atoms with van der Waals surface area (Å²) in [7, 11) is 1.80. The van der Waals surface area contributed by atoms with Crippen LogP contribution in [0, 0.1) is 11.3 Å². The molecule has 0 aliphatic heterocycles. The molecule has 7 nitrogen and oxygen atoms in total. The molecule has 0 saturated heterocycles. The van der Waals surface area contributed by atoms with E-state index in [9.17, 15) is 10.1 Å². The highest BCUT2D eigenvalue weighted by molar-refractivity contribution is 5.98. The van der Waals surface area contributed by atoms with E-state index in [1.807, 2.05) is 71.4 Å². The number of carbonyl (C=O) groups is 1. The van der Waals surface area contributed by atoms with Gasteiger partial charge in [-0.2, -0.15) is 5.26 Å². The Bertz CT molecular complexity index is 1840. The molecule has 0 aliphatic carbocycles. The Hall–Kier alpha value is -5.87. The Morgan fingerprint density at radius 3 is 1.95 bits per heavy atom. The van der Waals surface area contributed by atoms with Crippen LogP contribution in [-0.2, 0) is 10.3 Å². The summed E-state index contributed by atoms with van der Waals surface area (Å²) in [6.45, 7) is 0. The highest BCUT2D eigenvalue weighted by Crippen LogP contribution is 2.42. The Morgan fingerprint density at radius 1 is 0.833 bits per heavy atom. The van der Waals surface area contributed by atoms with Gasteiger partial charge < -0.3 is 5.32 Å². The largest absolute Gasteiger partial charge is 0.373 e. The number of hydrogen-bond acceptors (Lipinski definition) is 6. The molecule has 1 N–H and O–H groups in total. The van der Waals surface area contributed by atoms with Crippen LogP contribution in [-0.4, -0.2) is 33.3 Å². The van der Waals surface area contributed by atoms with Gasteiger partial charge in [0.25, 0.3) is 0 Å². The lowest BCUT2D eigenvalue weighted by Gasteiger charge is -2.36. The van der Waals surface area contributed by atoms with Crippen LogP contribution in [0.5, 0.6) is 0 Å². The molecule has 0 spiro atoms. The van der Waals surface area contributed by atoms with Crippen LogP contribution >= 0.6 is 0 Å². The number of anilines is 1. The van der Waals surface area contributed by atoms with Crippen LogP contribution in [0.2, 0.25) is 0 Å². The van der Waals surface area contributed by atoms with Gasteiger partial charge in [0.15, 0.2) is 5.65 Å². The minimum Gasteiger partial charge on any atom is -0.373 e. The van der Waals surface area contributed by atoms with Crippen molar-refractivity contribution in [2.24, 2.45) is 0 Å². The van der Waals surface area contributed by atoms with Crippen molar-refractivity contribution >= 4 is 28.8 Å². The third-order valence-corrected chi connectivity index (χ3v) is 7.39. The Balaban J connectivity index is 1.73. The number of nitrogens with zero attached hydrogens (tertiary/aromatic N) is 5. The molecule has 2 aromatic heterocycles. The van der Waals surface area contributed by atoms with Crippen LogP contribution in [0.1, 0.15) is 33.4 Å². The molecule has 202 valence electrons. The minimum atomic E-state index is -0.926. The predicted molar refractivity (Wildman–Crippen MR) is 164 cm³/mol. The molecule has 2 heterocycles. The van der Waals surface area contributed by atoms with Crippen molar-refractivity contribution in [3.63, 3.8) is 0 Å². The molecule has 6 rings (SSSR count). The highest BCUT2D eigenvalue weighted by atomic mass is 16.1. The van der Waals surface area contributed by atoms with Crippen molar-refractivity contribution in [1.82, 2.24) is 20.0 Å². The van der Waals surface area contributed by atoms with Gasteiger partial charge in [-0.1, -0.05) is 108 Å². The van der Waals surface area contributed by atoms with Gasteiger partial charge in [-0.05, 0) is 52.1 Å². The normalized spacial score (nSPS) is 11.7. The first-order chi connectivity index (χ1) is 20.7. The molecule has 0 radical (unpaired) electrons. The van der Waals surface area contributed by atoms with E-state index in [0.717, 1.165) is 23.0 Å². The van der Waals surface area contributed by atoms with Crippen molar-refractivity contribution in [2.45, 2.75) is 5.54 Å². The number of benzene rings is 4. The van der Waals surface area contributed by atoms with E-state index < -0.39 is 5.54 Å². The molecule has 6 aromatic rings. The van der Waals surface area contributed by atoms with E-state index in [4.69, 9.17) is 15.3 Å². The monoisotopic (exact) mass is 546 g/mol. The number of nitrogens with one attached hydrogen (secondary N) is 1. The zero-order chi connectivity index (χ0) is 28.9. The number of aldehydes is 1. The summed E-state index contributed by atoms with van der Waals surface area (Å²) in [5, 5.41) is 22.2. The smallest absolute Gasteiger partial charge is 0.182 e. The number of fused-ring (bicyclic) bond motifs is 1. The molecule has 4 aromatic carbocycles. The molecular formula is C35H26N6O. The minimum absolute atomic E-state index is 0.489. The highest BCUT2D eigenvalue weighted by Gasteiger charge is 2.41. The lowest BCUT2D eigenvalue weighted by molar-refractivity contribution is -0.104. The van der Waals surface area contributed by atoms with Crippen LogP contribution in [0.25, 0.3) is 16.7 Å². The Kier molecular flexibility index (Phi) is 7.10. The predicted octanol–water partition coefficient (Wildman–Crippen LogP) is 6.21. The Morgan fingerprint density at radius 2 is 1.43 bits per heavy atom. The Labute approximate surface area is 243 Å². The van der Waals surface area contributed by atoms with E-state index in [1.165, 1.54) is 6.08 Å². The summed E-state index contributed by atoms with van der Waals surface area (Å²) < 4.78 is 1.87. The van der Waals surface area contributed by atoms with Gasteiger partial charge in [-0.3, -0.25) is 4.79 Å². The van der Waals surface area contributed by atoms with Gasteiger partial charge in [0.2, 0.25) is 0 Å². The van der Waals surface area contributed by atoms with Crippen LogP contribution in [0.4, 0.5) is 5.82 Å². The number of carbonyl (C=O) groups excluding carboxylic acids is 1. The lowest BCUT2D eigenvalue weighted by Crippen LogP contribution is -2.38. The van der Waals surface area contributed by atoms with E-state index in [1.54, 1.807) is 25.2 Å². The number of hydrogen-bond donors (Lipinski definition) is 1. The van der Waals surface area contributed by atoms with Crippen LogP contribution in [0.15, 0.2) is 127 Å². The maximum absolute atomic E-state index is 11.9. The summed E-state index contributed by atoms with van der Waals surface area (Å²) in [5.41, 5.74) is 5.56. The fourth-order valence-electron chi connectivity index (χ4n) is 5.53. The standard InChI is InChI=1S/C35H26N6O/c1-37-32-23-31(30(20-21-42)26-13-11-12-25(22-26)24-36)33-34(38-32)41(40-39-33)35(27-14-5-2-6-15-27,28-16-7-3-8-17-28)29-18-9-4-10-19-29/h2-23H,1H3,(H,37,38)/b30-20+. The fraction of sp³-hybridized carbons (Fsp3) is 0.0571. The SMILES string of the molecule is CNc1cc(/C(=C/C=O)c2cccc(C#N)c2)c2nnn(C(c3ccccc3)(c3ccccc3)c3ccccc3)c2n1. The fourth-order valence-corrected chi connectivity index (χ4v) is 5.53. The maximum atomic E-state index is 11.9. The van der Waals surface area contributed by atoms with Crippen molar-refractivity contribution in [2.75, 3.05) is 12.4 Å².